The van der Waals surface area contributed by atoms with Gasteiger partial charge in [0.25, 0.3) is 0 Å². The summed E-state index contributed by atoms with van der Waals surface area (Å²) in [6, 6.07) is 16.7. The second-order valence-electron chi connectivity index (χ2n) is 7.60. The van der Waals surface area contributed by atoms with E-state index in [1.807, 2.05) is 61.5 Å². The second-order valence-corrected chi connectivity index (χ2v) is 7.60. The first-order valence-electron chi connectivity index (χ1n) is 10.2. The van der Waals surface area contributed by atoms with Gasteiger partial charge in [-0.3, -0.25) is 9.59 Å². The maximum absolute atomic E-state index is 13.2. The van der Waals surface area contributed by atoms with Gasteiger partial charge in [-0.25, -0.2) is 0 Å². The Morgan fingerprint density at radius 1 is 1.00 bits per heavy atom. The van der Waals surface area contributed by atoms with E-state index in [0.29, 0.717) is 25.4 Å². The number of nitrogens with one attached hydrogen (secondary N) is 1. The van der Waals surface area contributed by atoms with Crippen LogP contribution < -0.4 is 10.1 Å². The van der Waals surface area contributed by atoms with Gasteiger partial charge in [-0.15, -0.1) is 0 Å². The molecule has 0 saturated heterocycles. The smallest absolute Gasteiger partial charge is 0.242 e. The van der Waals surface area contributed by atoms with Crippen molar-refractivity contribution in [1.29, 1.82) is 0 Å². The summed E-state index contributed by atoms with van der Waals surface area (Å²) in [6.45, 7) is 7.02. The number of ether oxygens (including phenoxy) is 1. The second kappa shape index (κ2) is 11.2. The van der Waals surface area contributed by atoms with Crippen molar-refractivity contribution in [2.75, 3.05) is 13.7 Å². The molecule has 0 aliphatic rings. The molecule has 0 heterocycles. The summed E-state index contributed by atoms with van der Waals surface area (Å²) in [4.78, 5) is 27.7. The highest BCUT2D eigenvalue weighted by Gasteiger charge is 2.28. The number of hydrogen-bond acceptors (Lipinski definition) is 3. The van der Waals surface area contributed by atoms with Crippen LogP contribution in [0.4, 0.5) is 0 Å². The summed E-state index contributed by atoms with van der Waals surface area (Å²) >= 11 is 0. The lowest BCUT2D eigenvalue weighted by Crippen LogP contribution is -2.50. The molecule has 29 heavy (non-hydrogen) atoms. The zero-order chi connectivity index (χ0) is 21.2. The Morgan fingerprint density at radius 3 is 2.21 bits per heavy atom. The van der Waals surface area contributed by atoms with Crippen LogP contribution in [-0.2, 0) is 22.6 Å². The fraction of sp³-hybridized carbons (Fsp3) is 0.417. The topological polar surface area (TPSA) is 58.6 Å². The van der Waals surface area contributed by atoms with Gasteiger partial charge in [-0.1, -0.05) is 63.2 Å². The van der Waals surface area contributed by atoms with Crippen molar-refractivity contribution in [3.05, 3.63) is 65.7 Å². The van der Waals surface area contributed by atoms with Gasteiger partial charge in [-0.05, 0) is 35.6 Å². The van der Waals surface area contributed by atoms with Crippen molar-refractivity contribution in [1.82, 2.24) is 10.2 Å². The molecule has 2 aromatic carbocycles. The molecule has 0 saturated carbocycles. The molecule has 156 valence electrons. The Kier molecular flexibility index (Phi) is 8.71. The highest BCUT2D eigenvalue weighted by Crippen LogP contribution is 2.17. The van der Waals surface area contributed by atoms with Crippen molar-refractivity contribution >= 4 is 11.8 Å². The van der Waals surface area contributed by atoms with E-state index < -0.39 is 6.04 Å². The Morgan fingerprint density at radius 2 is 1.66 bits per heavy atom. The SMILES string of the molecule is CCC(C(=O)NCC(C)C)N(Cc1ccc(OC)cc1)C(=O)Cc1ccccc1. The summed E-state index contributed by atoms with van der Waals surface area (Å²) in [6.07, 6.45) is 0.825. The lowest BCUT2D eigenvalue weighted by Gasteiger charge is -2.31. The Bertz CT molecular complexity index is 772. The van der Waals surface area contributed by atoms with E-state index in [4.69, 9.17) is 4.74 Å². The molecule has 0 bridgehead atoms. The highest BCUT2D eigenvalue weighted by atomic mass is 16.5. The minimum Gasteiger partial charge on any atom is -0.497 e. The summed E-state index contributed by atoms with van der Waals surface area (Å²) in [5.74, 6) is 0.957. The van der Waals surface area contributed by atoms with Gasteiger partial charge < -0.3 is 15.0 Å². The third kappa shape index (κ3) is 6.93. The van der Waals surface area contributed by atoms with Crippen LogP contribution >= 0.6 is 0 Å². The van der Waals surface area contributed by atoms with E-state index >= 15 is 0 Å². The van der Waals surface area contributed by atoms with Crippen molar-refractivity contribution in [2.45, 2.75) is 46.2 Å². The number of nitrogens with zero attached hydrogens (tertiary/aromatic N) is 1. The van der Waals surface area contributed by atoms with E-state index in [0.717, 1.165) is 16.9 Å². The van der Waals surface area contributed by atoms with E-state index in [-0.39, 0.29) is 18.2 Å². The molecule has 0 aliphatic heterocycles. The number of amides is 2. The van der Waals surface area contributed by atoms with Crippen molar-refractivity contribution in [3.63, 3.8) is 0 Å². The average Bonchev–Trinajstić information content (AvgIpc) is 2.73. The van der Waals surface area contributed by atoms with Gasteiger partial charge in [0, 0.05) is 13.1 Å². The van der Waals surface area contributed by atoms with Crippen LogP contribution in [-0.4, -0.2) is 36.4 Å². The van der Waals surface area contributed by atoms with Gasteiger partial charge in [0.1, 0.15) is 11.8 Å². The Balaban J connectivity index is 2.23. The zero-order valence-electron chi connectivity index (χ0n) is 17.9. The van der Waals surface area contributed by atoms with Gasteiger partial charge in [0.05, 0.1) is 13.5 Å². The normalized spacial score (nSPS) is 11.8. The van der Waals surface area contributed by atoms with Crippen LogP contribution in [0, 0.1) is 5.92 Å². The third-order valence-corrected chi connectivity index (χ3v) is 4.78. The first kappa shape index (κ1) is 22.5. The predicted molar refractivity (Wildman–Crippen MR) is 116 cm³/mol. The molecule has 0 aromatic heterocycles. The lowest BCUT2D eigenvalue weighted by atomic mass is 10.1. The van der Waals surface area contributed by atoms with Gasteiger partial charge in [0.2, 0.25) is 11.8 Å². The minimum absolute atomic E-state index is 0.0569. The maximum Gasteiger partial charge on any atom is 0.242 e. The number of hydrogen-bond donors (Lipinski definition) is 1. The molecule has 5 heteroatoms. The molecule has 0 aliphatic carbocycles. The highest BCUT2D eigenvalue weighted by molar-refractivity contribution is 5.88. The molecule has 2 rings (SSSR count). The van der Waals surface area contributed by atoms with E-state index in [9.17, 15) is 9.59 Å². The lowest BCUT2D eigenvalue weighted by molar-refractivity contribution is -0.141. The number of methoxy groups -OCH3 is 1. The zero-order valence-corrected chi connectivity index (χ0v) is 17.9. The maximum atomic E-state index is 13.2. The fourth-order valence-corrected chi connectivity index (χ4v) is 3.14. The standard InChI is InChI=1S/C24H32N2O3/c1-5-22(24(28)25-16-18(2)3)26(17-20-11-13-21(29-4)14-12-20)23(27)15-19-9-7-6-8-10-19/h6-14,18,22H,5,15-17H2,1-4H3,(H,25,28). The first-order chi connectivity index (χ1) is 13.9. The molecular formula is C24H32N2O3. The van der Waals surface area contributed by atoms with Crippen LogP contribution in [0.5, 0.6) is 5.75 Å². The molecule has 1 unspecified atom stereocenters. The van der Waals surface area contributed by atoms with Crippen molar-refractivity contribution in [2.24, 2.45) is 5.92 Å². The largest absolute Gasteiger partial charge is 0.497 e. The molecule has 1 N–H and O–H groups in total. The van der Waals surface area contributed by atoms with E-state index in [2.05, 4.69) is 19.2 Å². The molecule has 5 nitrogen and oxygen atoms in total. The molecular weight excluding hydrogens is 364 g/mol. The van der Waals surface area contributed by atoms with E-state index in [1.54, 1.807) is 12.0 Å². The predicted octanol–water partition coefficient (Wildman–Crippen LogP) is 3.82. The quantitative estimate of drug-likeness (QED) is 0.664. The monoisotopic (exact) mass is 396 g/mol. The summed E-state index contributed by atoms with van der Waals surface area (Å²) in [5, 5.41) is 2.98. The van der Waals surface area contributed by atoms with Crippen LogP contribution in [0.1, 0.15) is 38.3 Å². The molecule has 0 spiro atoms. The average molecular weight is 397 g/mol. The van der Waals surface area contributed by atoms with Gasteiger partial charge in [-0.2, -0.15) is 0 Å². The van der Waals surface area contributed by atoms with Gasteiger partial charge >= 0.3 is 0 Å². The van der Waals surface area contributed by atoms with Crippen LogP contribution in [0.2, 0.25) is 0 Å². The van der Waals surface area contributed by atoms with Crippen molar-refractivity contribution in [3.8, 4) is 5.75 Å². The molecule has 0 fully saturated rings. The number of benzene rings is 2. The molecule has 0 radical (unpaired) electrons. The molecule has 1 atom stereocenters. The number of rotatable bonds is 10. The van der Waals surface area contributed by atoms with Crippen molar-refractivity contribution < 1.29 is 14.3 Å². The molecule has 2 aromatic rings. The number of carbonyl (C=O) groups excluding carboxylic acids is 2. The van der Waals surface area contributed by atoms with Crippen LogP contribution in [0.15, 0.2) is 54.6 Å². The number of carbonyl (C=O) groups is 2. The van der Waals surface area contributed by atoms with Crippen LogP contribution in [0.3, 0.4) is 0 Å². The Hall–Kier alpha value is -2.82. The third-order valence-electron chi connectivity index (χ3n) is 4.78. The van der Waals surface area contributed by atoms with Gasteiger partial charge in [0.15, 0.2) is 0 Å². The fourth-order valence-electron chi connectivity index (χ4n) is 3.14. The summed E-state index contributed by atoms with van der Waals surface area (Å²) in [5.41, 5.74) is 1.90. The minimum atomic E-state index is -0.507. The summed E-state index contributed by atoms with van der Waals surface area (Å²) in [7, 11) is 1.62. The summed E-state index contributed by atoms with van der Waals surface area (Å²) < 4.78 is 5.22. The first-order valence-corrected chi connectivity index (χ1v) is 10.2. The van der Waals surface area contributed by atoms with E-state index in [1.165, 1.54) is 0 Å². The Labute approximate surface area is 174 Å². The molecule has 2 amide bonds. The van der Waals surface area contributed by atoms with Crippen LogP contribution in [0.25, 0.3) is 0 Å².